The molecule has 0 radical (unpaired) electrons. The number of aliphatic hydroxyl groups is 1. The molecule has 0 saturated carbocycles. The zero-order valence-electron chi connectivity index (χ0n) is 12.5. The Bertz CT molecular complexity index is 700. The number of hydrogen-bond donors (Lipinski definition) is 2. The third kappa shape index (κ3) is 3.77. The standard InChI is InChI=1S/C17H18FNO3S/c18-14-3-1-12(2-4-14)9-17(22)6-7-19(11-17)10-13-5-8-23-15(13)16(20)21/h1-5,8,22H,6-7,9-11H2,(H,20,21). The second kappa shape index (κ2) is 6.39. The number of halogens is 1. The second-order valence-electron chi connectivity index (χ2n) is 6.07. The van der Waals surface area contributed by atoms with E-state index in [1.54, 1.807) is 17.5 Å². The second-order valence-corrected chi connectivity index (χ2v) is 6.98. The fourth-order valence-electron chi connectivity index (χ4n) is 3.09. The fourth-order valence-corrected chi connectivity index (χ4v) is 3.84. The average molecular weight is 335 g/mol. The maximum atomic E-state index is 13.0. The van der Waals surface area contributed by atoms with Crippen LogP contribution in [0.1, 0.15) is 27.2 Å². The highest BCUT2D eigenvalue weighted by molar-refractivity contribution is 7.12. The van der Waals surface area contributed by atoms with Crippen LogP contribution in [-0.4, -0.2) is 39.8 Å². The van der Waals surface area contributed by atoms with Crippen molar-refractivity contribution in [1.29, 1.82) is 0 Å². The van der Waals surface area contributed by atoms with Crippen molar-refractivity contribution in [2.45, 2.75) is 25.0 Å². The Kier molecular flexibility index (Phi) is 4.48. The molecule has 1 aliphatic heterocycles. The molecule has 1 aromatic heterocycles. The monoisotopic (exact) mass is 335 g/mol. The summed E-state index contributed by atoms with van der Waals surface area (Å²) in [7, 11) is 0. The summed E-state index contributed by atoms with van der Waals surface area (Å²) in [6.45, 7) is 1.72. The van der Waals surface area contributed by atoms with Crippen molar-refractivity contribution in [2.24, 2.45) is 0 Å². The summed E-state index contributed by atoms with van der Waals surface area (Å²) in [6, 6.07) is 8.01. The SMILES string of the molecule is O=C(O)c1sccc1CN1CCC(O)(Cc2ccc(F)cc2)C1. The number of benzene rings is 1. The van der Waals surface area contributed by atoms with E-state index in [0.717, 1.165) is 11.1 Å². The van der Waals surface area contributed by atoms with Crippen LogP contribution >= 0.6 is 11.3 Å². The molecule has 0 bridgehead atoms. The molecule has 122 valence electrons. The van der Waals surface area contributed by atoms with E-state index in [1.807, 2.05) is 6.07 Å². The van der Waals surface area contributed by atoms with Gasteiger partial charge in [0.1, 0.15) is 10.7 Å². The van der Waals surface area contributed by atoms with Gasteiger partial charge in [0, 0.05) is 26.1 Å². The number of thiophene rings is 1. The Hall–Kier alpha value is -1.76. The quantitative estimate of drug-likeness (QED) is 0.882. The van der Waals surface area contributed by atoms with Gasteiger partial charge in [-0.2, -0.15) is 0 Å². The zero-order chi connectivity index (χ0) is 16.4. The zero-order valence-corrected chi connectivity index (χ0v) is 13.4. The number of nitrogens with zero attached hydrogens (tertiary/aromatic N) is 1. The fraction of sp³-hybridized carbons (Fsp3) is 0.353. The molecule has 1 aromatic carbocycles. The van der Waals surface area contributed by atoms with Crippen molar-refractivity contribution in [3.8, 4) is 0 Å². The van der Waals surface area contributed by atoms with Gasteiger partial charge in [0.05, 0.1) is 5.60 Å². The summed E-state index contributed by atoms with van der Waals surface area (Å²) in [5.74, 6) is -1.19. The number of aromatic carboxylic acids is 1. The van der Waals surface area contributed by atoms with Crippen molar-refractivity contribution in [3.05, 3.63) is 57.5 Å². The van der Waals surface area contributed by atoms with Crippen molar-refractivity contribution >= 4 is 17.3 Å². The summed E-state index contributed by atoms with van der Waals surface area (Å²) in [4.78, 5) is 13.6. The van der Waals surface area contributed by atoms with Gasteiger partial charge in [-0.15, -0.1) is 11.3 Å². The molecule has 3 rings (SSSR count). The van der Waals surface area contributed by atoms with Crippen molar-refractivity contribution in [1.82, 2.24) is 4.90 Å². The Morgan fingerprint density at radius 1 is 1.30 bits per heavy atom. The molecule has 1 aliphatic rings. The Labute approximate surface area is 137 Å². The van der Waals surface area contributed by atoms with Crippen molar-refractivity contribution in [3.63, 3.8) is 0 Å². The highest BCUT2D eigenvalue weighted by atomic mass is 32.1. The third-order valence-corrected chi connectivity index (χ3v) is 5.14. The topological polar surface area (TPSA) is 60.8 Å². The Balaban J connectivity index is 1.64. The minimum Gasteiger partial charge on any atom is -0.477 e. The molecule has 2 aromatic rings. The molecule has 0 aliphatic carbocycles. The number of carboxylic acid groups (broad SMARTS) is 1. The van der Waals surface area contributed by atoms with E-state index in [2.05, 4.69) is 4.90 Å². The molecule has 23 heavy (non-hydrogen) atoms. The number of β-amino-alcohol motifs (C(OH)–C–C–N with tert-alkyl or cyclic N) is 1. The first kappa shape index (κ1) is 16.1. The Morgan fingerprint density at radius 3 is 2.74 bits per heavy atom. The molecule has 0 spiro atoms. The van der Waals surface area contributed by atoms with E-state index in [0.29, 0.717) is 37.4 Å². The van der Waals surface area contributed by atoms with E-state index in [4.69, 9.17) is 5.11 Å². The van der Waals surface area contributed by atoms with Crippen LogP contribution in [0.25, 0.3) is 0 Å². The molecule has 1 saturated heterocycles. The van der Waals surface area contributed by atoms with Gasteiger partial charge in [-0.1, -0.05) is 12.1 Å². The van der Waals surface area contributed by atoms with Gasteiger partial charge < -0.3 is 10.2 Å². The average Bonchev–Trinajstić information content (AvgIpc) is 3.09. The third-order valence-electron chi connectivity index (χ3n) is 4.19. The highest BCUT2D eigenvalue weighted by Crippen LogP contribution is 2.28. The van der Waals surface area contributed by atoms with Crippen LogP contribution in [0.3, 0.4) is 0 Å². The van der Waals surface area contributed by atoms with E-state index < -0.39 is 11.6 Å². The maximum Gasteiger partial charge on any atom is 0.346 e. The van der Waals surface area contributed by atoms with Crippen LogP contribution in [-0.2, 0) is 13.0 Å². The van der Waals surface area contributed by atoms with E-state index in [1.165, 1.54) is 23.5 Å². The molecule has 1 atom stereocenters. The minimum absolute atomic E-state index is 0.285. The molecule has 2 N–H and O–H groups in total. The highest BCUT2D eigenvalue weighted by Gasteiger charge is 2.36. The Morgan fingerprint density at radius 2 is 2.04 bits per heavy atom. The normalized spacial score (nSPS) is 21.7. The number of carboxylic acids is 1. The van der Waals surface area contributed by atoms with E-state index in [9.17, 15) is 14.3 Å². The molecule has 6 heteroatoms. The van der Waals surface area contributed by atoms with Gasteiger partial charge in [-0.3, -0.25) is 4.90 Å². The first-order valence-electron chi connectivity index (χ1n) is 7.44. The van der Waals surface area contributed by atoms with Gasteiger partial charge >= 0.3 is 5.97 Å². The number of rotatable bonds is 5. The number of carbonyl (C=O) groups is 1. The van der Waals surface area contributed by atoms with Crippen LogP contribution in [0.5, 0.6) is 0 Å². The van der Waals surface area contributed by atoms with Gasteiger partial charge in [0.2, 0.25) is 0 Å². The first-order chi connectivity index (χ1) is 11.0. The van der Waals surface area contributed by atoms with Crippen molar-refractivity contribution < 1.29 is 19.4 Å². The van der Waals surface area contributed by atoms with Gasteiger partial charge in [-0.05, 0) is 41.1 Å². The van der Waals surface area contributed by atoms with Gasteiger partial charge in [-0.25, -0.2) is 9.18 Å². The largest absolute Gasteiger partial charge is 0.477 e. The summed E-state index contributed by atoms with van der Waals surface area (Å²) < 4.78 is 13.0. The molecule has 0 amide bonds. The van der Waals surface area contributed by atoms with E-state index in [-0.39, 0.29) is 5.82 Å². The lowest BCUT2D eigenvalue weighted by molar-refractivity contribution is 0.0488. The number of likely N-dealkylation sites (tertiary alicyclic amines) is 1. The lowest BCUT2D eigenvalue weighted by Gasteiger charge is -2.23. The van der Waals surface area contributed by atoms with Crippen molar-refractivity contribution in [2.75, 3.05) is 13.1 Å². The number of hydrogen-bond acceptors (Lipinski definition) is 4. The predicted molar refractivity (Wildman–Crippen MR) is 86.2 cm³/mol. The van der Waals surface area contributed by atoms with Gasteiger partial charge in [0.25, 0.3) is 0 Å². The first-order valence-corrected chi connectivity index (χ1v) is 8.32. The molecule has 1 fully saturated rings. The lowest BCUT2D eigenvalue weighted by atomic mass is 9.94. The molecular formula is C17H18FNO3S. The lowest BCUT2D eigenvalue weighted by Crippen LogP contribution is -2.35. The summed E-state index contributed by atoms with van der Waals surface area (Å²) in [5, 5.41) is 21.7. The van der Waals surface area contributed by atoms with Crippen LogP contribution in [0.2, 0.25) is 0 Å². The van der Waals surface area contributed by atoms with Crippen LogP contribution in [0, 0.1) is 5.82 Å². The maximum absolute atomic E-state index is 13.0. The molecule has 4 nitrogen and oxygen atoms in total. The van der Waals surface area contributed by atoms with Gasteiger partial charge in [0.15, 0.2) is 0 Å². The molecule has 1 unspecified atom stereocenters. The van der Waals surface area contributed by atoms with Crippen LogP contribution in [0.15, 0.2) is 35.7 Å². The predicted octanol–water partition coefficient (Wildman–Crippen LogP) is 2.76. The van der Waals surface area contributed by atoms with Crippen LogP contribution in [0.4, 0.5) is 4.39 Å². The van der Waals surface area contributed by atoms with E-state index >= 15 is 0 Å². The molecular weight excluding hydrogens is 317 g/mol. The molecule has 2 heterocycles. The smallest absolute Gasteiger partial charge is 0.346 e. The minimum atomic E-state index is -0.907. The summed E-state index contributed by atoms with van der Waals surface area (Å²) >= 11 is 1.22. The summed E-state index contributed by atoms with van der Waals surface area (Å²) in [6.07, 6.45) is 1.09. The summed E-state index contributed by atoms with van der Waals surface area (Å²) in [5.41, 5.74) is 0.836. The van der Waals surface area contributed by atoms with Crippen LogP contribution < -0.4 is 0 Å².